The Bertz CT molecular complexity index is 963. The fourth-order valence-corrected chi connectivity index (χ4v) is 30.5. The van der Waals surface area contributed by atoms with Gasteiger partial charge in [-0.3, -0.25) is 0 Å². The molecule has 16 saturated carbocycles. The molecule has 1 nitrogen and oxygen atoms in total. The summed E-state index contributed by atoms with van der Waals surface area (Å²) in [5, 5.41) is 7.69. The van der Waals surface area contributed by atoms with Crippen LogP contribution in [-0.4, -0.2) is 46.0 Å². The van der Waals surface area contributed by atoms with Crippen LogP contribution in [-0.2, 0) is 12.9 Å². The zero-order chi connectivity index (χ0) is 33.3. The van der Waals surface area contributed by atoms with E-state index in [1.165, 1.54) is 13.1 Å². The molecule has 6 heteroatoms. The molecule has 0 heterocycles. The molecule has 0 unspecified atom stereocenters. The Labute approximate surface area is 323 Å². The van der Waals surface area contributed by atoms with Crippen molar-refractivity contribution in [1.82, 2.24) is 5.32 Å². The summed E-state index contributed by atoms with van der Waals surface area (Å²) in [6.45, 7) is 2.81. The minimum absolute atomic E-state index is 0.157. The minimum atomic E-state index is 0.157. The van der Waals surface area contributed by atoms with Gasteiger partial charge < -0.3 is 5.32 Å². The number of nitrogens with one attached hydrogen (secondary N) is 1. The van der Waals surface area contributed by atoms with Gasteiger partial charge in [0.2, 0.25) is 0 Å². The van der Waals surface area contributed by atoms with Gasteiger partial charge >= 0.3 is 33.2 Å². The molecular formula is C44H69Cl2CoNP2. The monoisotopic (exact) mass is 802 g/mol. The first-order valence-corrected chi connectivity index (χ1v) is 28.3. The molecule has 0 aromatic heterocycles. The zero-order valence-electron chi connectivity index (χ0n) is 31.2. The Morgan fingerprint density at radius 3 is 0.680 bits per heavy atom. The quantitative estimate of drug-likeness (QED) is 0.171. The van der Waals surface area contributed by atoms with Crippen molar-refractivity contribution in [2.45, 2.75) is 175 Å². The SMILES string of the molecule is C(CP(C12CC3CC(CC(C3)C1)C2)C12CC3CC(CC(C3)C1)C2)NCCP(C12CC3CC(CC(C3)C1)C2)C12CC3CC(CC(C3)C1)C2.[Cl][Co][Cl]. The van der Waals surface area contributed by atoms with Gasteiger partial charge in [0.15, 0.2) is 0 Å². The van der Waals surface area contributed by atoms with Crippen molar-refractivity contribution in [3.63, 3.8) is 0 Å². The Kier molecular flexibility index (Phi) is 9.29. The second-order valence-corrected chi connectivity index (χ2v) is 30.8. The third-order valence-electron chi connectivity index (χ3n) is 19.3. The van der Waals surface area contributed by atoms with Crippen LogP contribution in [0.1, 0.15) is 154 Å². The van der Waals surface area contributed by atoms with E-state index >= 15 is 0 Å². The van der Waals surface area contributed by atoms with E-state index in [9.17, 15) is 0 Å². The van der Waals surface area contributed by atoms with Gasteiger partial charge in [-0.25, -0.2) is 0 Å². The average Bonchev–Trinajstić information content (AvgIpc) is 3.02. The van der Waals surface area contributed by atoms with Crippen LogP contribution in [0.2, 0.25) is 0 Å². The van der Waals surface area contributed by atoms with E-state index in [1.54, 1.807) is 166 Å². The van der Waals surface area contributed by atoms with E-state index in [0.29, 0.717) is 12.9 Å². The molecule has 16 rings (SSSR count). The molecule has 1 N–H and O–H groups in total. The molecule has 0 amide bonds. The first kappa shape index (κ1) is 35.1. The molecule has 0 atom stereocenters. The van der Waals surface area contributed by atoms with E-state index in [1.807, 2.05) is 0 Å². The van der Waals surface area contributed by atoms with E-state index in [2.05, 4.69) is 5.32 Å². The van der Waals surface area contributed by atoms with Crippen LogP contribution in [0.15, 0.2) is 0 Å². The van der Waals surface area contributed by atoms with Crippen molar-refractivity contribution < 1.29 is 12.9 Å². The van der Waals surface area contributed by atoms with Crippen LogP contribution in [0.25, 0.3) is 0 Å². The molecule has 50 heavy (non-hydrogen) atoms. The fraction of sp³-hybridized carbons (Fsp3) is 1.00. The summed E-state index contributed by atoms with van der Waals surface area (Å²) in [6, 6.07) is 0. The maximum absolute atomic E-state index is 4.73. The van der Waals surface area contributed by atoms with Gasteiger partial charge in [0.1, 0.15) is 0 Å². The van der Waals surface area contributed by atoms with E-state index in [0.717, 1.165) is 91.6 Å². The second-order valence-electron chi connectivity index (χ2n) is 22.7. The first-order chi connectivity index (χ1) is 24.3. The summed E-state index contributed by atoms with van der Waals surface area (Å²) in [6.07, 6.45) is 43.2. The average molecular weight is 804 g/mol. The van der Waals surface area contributed by atoms with Gasteiger partial charge in [-0.15, -0.1) is 0 Å². The van der Waals surface area contributed by atoms with E-state index in [-0.39, 0.29) is 15.8 Å². The summed E-state index contributed by atoms with van der Waals surface area (Å²) in [4.78, 5) is 0. The first-order valence-electron chi connectivity index (χ1n) is 22.4. The van der Waals surface area contributed by atoms with Gasteiger partial charge in [0.05, 0.1) is 0 Å². The molecule has 16 aliphatic carbocycles. The van der Waals surface area contributed by atoms with Gasteiger partial charge in [0.25, 0.3) is 0 Å². The van der Waals surface area contributed by atoms with Crippen LogP contribution in [0, 0.1) is 71.0 Å². The predicted molar refractivity (Wildman–Crippen MR) is 212 cm³/mol. The molecule has 0 aliphatic heterocycles. The molecular weight excluding hydrogens is 734 g/mol. The van der Waals surface area contributed by atoms with Gasteiger partial charge in [-0.05, 0) is 271 Å². The van der Waals surface area contributed by atoms with Crippen molar-refractivity contribution in [1.29, 1.82) is 0 Å². The number of hydrogen-bond acceptors (Lipinski definition) is 1. The molecule has 0 radical (unpaired) electrons. The molecule has 16 bridgehead atoms. The van der Waals surface area contributed by atoms with Crippen molar-refractivity contribution in [3.05, 3.63) is 0 Å². The van der Waals surface area contributed by atoms with Crippen LogP contribution >= 0.6 is 36.1 Å². The normalized spacial score (nSPS) is 56.6. The van der Waals surface area contributed by atoms with E-state index < -0.39 is 0 Å². The second kappa shape index (κ2) is 13.2. The van der Waals surface area contributed by atoms with Crippen LogP contribution in [0.3, 0.4) is 0 Å². The molecule has 0 aromatic rings. The van der Waals surface area contributed by atoms with Crippen LogP contribution in [0.5, 0.6) is 0 Å². The van der Waals surface area contributed by atoms with Gasteiger partial charge in [-0.1, -0.05) is 15.8 Å². The van der Waals surface area contributed by atoms with Crippen LogP contribution < -0.4 is 5.32 Å². The van der Waals surface area contributed by atoms with Gasteiger partial charge in [-0.2, -0.15) is 0 Å². The third-order valence-corrected chi connectivity index (χ3v) is 27.5. The third kappa shape index (κ3) is 5.93. The maximum atomic E-state index is 4.73. The summed E-state index contributed by atoms with van der Waals surface area (Å²) in [5.74, 6) is 13.6. The van der Waals surface area contributed by atoms with Crippen LogP contribution in [0.4, 0.5) is 0 Å². The molecule has 16 aliphatic rings. The van der Waals surface area contributed by atoms with Crippen molar-refractivity contribution in [2.24, 2.45) is 71.0 Å². The molecule has 0 saturated heterocycles. The Morgan fingerprint density at radius 1 is 0.360 bits per heavy atom. The predicted octanol–water partition coefficient (Wildman–Crippen LogP) is 12.8. The molecule has 283 valence electrons. The topological polar surface area (TPSA) is 12.0 Å². The summed E-state index contributed by atoms with van der Waals surface area (Å²) in [5.41, 5.74) is 0. The number of hydrogen-bond donors (Lipinski definition) is 1. The molecule has 16 fully saturated rings. The van der Waals surface area contributed by atoms with Gasteiger partial charge in [0, 0.05) is 0 Å². The van der Waals surface area contributed by atoms with Crippen molar-refractivity contribution in [2.75, 3.05) is 25.4 Å². The number of rotatable bonds is 10. The van der Waals surface area contributed by atoms with Crippen molar-refractivity contribution in [3.8, 4) is 0 Å². The standard InChI is InChI=1S/C44H69NP2.2ClH.Co/c1(3-46(41-17-29-5-30(18-41)7-31(6-29)19-41)42-20-32-8-33(21-42)10-34(9-32)22-42)45-2-4-47(43-23-35-11-36(24-43)13-37(12-35)25-43)44-26-38-14-39(27-44)16-40(15-38)28-44;;;/h29-40,45H,1-28H2;2*1H;/q;;;+2/p-2. The molecule has 0 spiro atoms. The fourth-order valence-electron chi connectivity index (χ4n) is 20.0. The van der Waals surface area contributed by atoms with Crippen molar-refractivity contribution >= 4 is 36.1 Å². The summed E-state index contributed by atoms with van der Waals surface area (Å²) >= 11 is 0.382. The zero-order valence-corrected chi connectivity index (χ0v) is 35.6. The Morgan fingerprint density at radius 2 is 0.520 bits per heavy atom. The Balaban J connectivity index is 0.000000969. The number of halogens is 2. The molecule has 0 aromatic carbocycles. The summed E-state index contributed by atoms with van der Waals surface area (Å²) < 4.78 is 0. The van der Waals surface area contributed by atoms with E-state index in [4.69, 9.17) is 20.3 Å². The summed E-state index contributed by atoms with van der Waals surface area (Å²) in [7, 11) is 9.78. The Hall–Kier alpha value is 1.91.